The maximum absolute atomic E-state index is 12.9. The van der Waals surface area contributed by atoms with Gasteiger partial charge in [-0.1, -0.05) is 31.2 Å². The summed E-state index contributed by atoms with van der Waals surface area (Å²) in [5, 5.41) is 3.05. The largest absolute Gasteiger partial charge is 0.493 e. The first kappa shape index (κ1) is 20.4. The molecule has 0 heterocycles. The van der Waals surface area contributed by atoms with Crippen LogP contribution in [-0.4, -0.2) is 19.1 Å². The average Bonchev–Trinajstić information content (AvgIpc) is 2.77. The Kier molecular flexibility index (Phi) is 5.41. The van der Waals surface area contributed by atoms with E-state index in [1.54, 1.807) is 7.11 Å². The maximum atomic E-state index is 12.9. The van der Waals surface area contributed by atoms with Crippen LogP contribution in [0.25, 0.3) is 0 Å². The molecule has 4 bridgehead atoms. The van der Waals surface area contributed by atoms with E-state index in [9.17, 15) is 4.79 Å². The van der Waals surface area contributed by atoms with Crippen LogP contribution in [-0.2, 0) is 10.2 Å². The molecular formula is C27H33NO3. The van der Waals surface area contributed by atoms with Crippen LogP contribution >= 0.6 is 0 Å². The fourth-order valence-corrected chi connectivity index (χ4v) is 6.79. The van der Waals surface area contributed by atoms with Crippen molar-refractivity contribution >= 4 is 11.6 Å². The minimum absolute atomic E-state index is 0.129. The first-order valence-electron chi connectivity index (χ1n) is 11.8. The van der Waals surface area contributed by atoms with E-state index >= 15 is 0 Å². The second kappa shape index (κ2) is 8.22. The highest BCUT2D eigenvalue weighted by molar-refractivity contribution is 5.94. The Morgan fingerprint density at radius 2 is 1.55 bits per heavy atom. The lowest BCUT2D eigenvalue weighted by atomic mass is 9.48. The molecule has 4 aliphatic carbocycles. The first-order valence-corrected chi connectivity index (χ1v) is 11.8. The molecule has 1 amide bonds. The van der Waals surface area contributed by atoms with Crippen molar-refractivity contribution in [2.75, 3.05) is 12.4 Å². The number of amides is 1. The number of hydrogen-bond donors (Lipinski definition) is 1. The predicted molar refractivity (Wildman–Crippen MR) is 123 cm³/mol. The zero-order valence-corrected chi connectivity index (χ0v) is 18.6. The number of carbonyl (C=O) groups is 1. The van der Waals surface area contributed by atoms with Crippen LogP contribution in [0.1, 0.15) is 57.4 Å². The van der Waals surface area contributed by atoms with Gasteiger partial charge in [-0.3, -0.25) is 4.79 Å². The molecule has 0 saturated heterocycles. The number of hydrogen-bond acceptors (Lipinski definition) is 3. The molecule has 31 heavy (non-hydrogen) atoms. The fraction of sp³-hybridized carbons (Fsp3) is 0.519. The van der Waals surface area contributed by atoms with Gasteiger partial charge in [-0.25, -0.2) is 0 Å². The zero-order chi connectivity index (χ0) is 21.4. The molecule has 1 N–H and O–H groups in total. The summed E-state index contributed by atoms with van der Waals surface area (Å²) in [5.74, 6) is 3.89. The Morgan fingerprint density at radius 1 is 0.968 bits per heavy atom. The Labute approximate surface area is 185 Å². The van der Waals surface area contributed by atoms with Crippen LogP contribution in [0.5, 0.6) is 11.5 Å². The second-order valence-electron chi connectivity index (χ2n) is 9.93. The van der Waals surface area contributed by atoms with Gasteiger partial charge < -0.3 is 14.8 Å². The summed E-state index contributed by atoms with van der Waals surface area (Å²) in [5.41, 5.74) is 2.69. The maximum Gasteiger partial charge on any atom is 0.265 e. The Morgan fingerprint density at radius 3 is 2.10 bits per heavy atom. The highest BCUT2D eigenvalue weighted by Gasteiger charge is 2.51. The molecule has 1 atom stereocenters. The SMILES string of the molecule is CC[C@@H](Oc1ccccc1OC)C(=O)Nc1ccc(C23CC4CC(CC(C4)C2)C3)cc1. The van der Waals surface area contributed by atoms with Crippen molar-refractivity contribution in [2.24, 2.45) is 17.8 Å². The van der Waals surface area contributed by atoms with E-state index in [1.807, 2.05) is 31.2 Å². The van der Waals surface area contributed by atoms with E-state index in [1.165, 1.54) is 44.1 Å². The molecule has 164 valence electrons. The average molecular weight is 420 g/mol. The molecule has 4 aliphatic rings. The minimum Gasteiger partial charge on any atom is -0.493 e. The van der Waals surface area contributed by atoms with E-state index in [4.69, 9.17) is 9.47 Å². The van der Waals surface area contributed by atoms with Crippen molar-refractivity contribution in [3.8, 4) is 11.5 Å². The number of anilines is 1. The van der Waals surface area contributed by atoms with Gasteiger partial charge in [0.05, 0.1) is 7.11 Å². The van der Waals surface area contributed by atoms with Crippen molar-refractivity contribution in [3.63, 3.8) is 0 Å². The van der Waals surface area contributed by atoms with Crippen molar-refractivity contribution < 1.29 is 14.3 Å². The lowest BCUT2D eigenvalue weighted by Gasteiger charge is -2.57. The van der Waals surface area contributed by atoms with E-state index < -0.39 is 6.10 Å². The van der Waals surface area contributed by atoms with Gasteiger partial charge in [0.25, 0.3) is 5.91 Å². The van der Waals surface area contributed by atoms with Gasteiger partial charge in [0.1, 0.15) is 0 Å². The van der Waals surface area contributed by atoms with Gasteiger partial charge in [-0.15, -0.1) is 0 Å². The molecule has 4 nitrogen and oxygen atoms in total. The third kappa shape index (κ3) is 3.93. The normalized spacial score (nSPS) is 29.4. The molecular weight excluding hydrogens is 386 g/mol. The van der Waals surface area contributed by atoms with Gasteiger partial charge in [0.15, 0.2) is 17.6 Å². The summed E-state index contributed by atoms with van der Waals surface area (Å²) in [6.45, 7) is 1.95. The van der Waals surface area contributed by atoms with Gasteiger partial charge in [-0.2, -0.15) is 0 Å². The molecule has 4 saturated carbocycles. The quantitative estimate of drug-likeness (QED) is 0.602. The Hall–Kier alpha value is -2.49. The van der Waals surface area contributed by atoms with Crippen LogP contribution in [0.2, 0.25) is 0 Å². The number of nitrogens with one attached hydrogen (secondary N) is 1. The monoisotopic (exact) mass is 419 g/mol. The summed E-state index contributed by atoms with van der Waals surface area (Å²) in [4.78, 5) is 12.9. The molecule has 2 aromatic carbocycles. The molecule has 6 rings (SSSR count). The van der Waals surface area contributed by atoms with Crippen LogP contribution < -0.4 is 14.8 Å². The van der Waals surface area contributed by atoms with E-state index in [0.29, 0.717) is 23.3 Å². The van der Waals surface area contributed by atoms with Crippen molar-refractivity contribution in [2.45, 2.75) is 63.4 Å². The van der Waals surface area contributed by atoms with Gasteiger partial charge >= 0.3 is 0 Å². The molecule has 0 unspecified atom stereocenters. The number of rotatable bonds is 7. The summed E-state index contributed by atoms with van der Waals surface area (Å²) in [6.07, 6.45) is 8.45. The lowest BCUT2D eigenvalue weighted by molar-refractivity contribution is -0.122. The van der Waals surface area contributed by atoms with Gasteiger partial charge in [0.2, 0.25) is 0 Å². The smallest absolute Gasteiger partial charge is 0.265 e. The van der Waals surface area contributed by atoms with E-state index in [0.717, 1.165) is 23.4 Å². The molecule has 0 spiro atoms. The van der Waals surface area contributed by atoms with Crippen molar-refractivity contribution in [1.82, 2.24) is 0 Å². The zero-order valence-electron chi connectivity index (χ0n) is 18.6. The number of methoxy groups -OCH3 is 1. The van der Waals surface area contributed by atoms with Crippen molar-refractivity contribution in [1.29, 1.82) is 0 Å². The molecule has 4 heteroatoms. The molecule has 4 fully saturated rings. The molecule has 0 aliphatic heterocycles. The minimum atomic E-state index is -0.570. The standard InChI is InChI=1S/C27H33NO3/c1-3-23(31-25-7-5-4-6-24(25)30-2)26(29)28-22-10-8-21(9-11-22)27-15-18-12-19(16-27)14-20(13-18)17-27/h4-11,18-20,23H,3,12-17H2,1-2H3,(H,28,29)/t18?,19?,20?,23-,27?/m1/s1. The number of para-hydroxylation sites is 2. The highest BCUT2D eigenvalue weighted by atomic mass is 16.5. The lowest BCUT2D eigenvalue weighted by Crippen LogP contribution is -2.48. The number of ether oxygens (including phenoxy) is 2. The molecule has 0 aromatic heterocycles. The first-order chi connectivity index (χ1) is 15.1. The fourth-order valence-electron chi connectivity index (χ4n) is 6.79. The van der Waals surface area contributed by atoms with Crippen molar-refractivity contribution in [3.05, 3.63) is 54.1 Å². The third-order valence-electron chi connectivity index (χ3n) is 7.80. The number of carbonyl (C=O) groups excluding carboxylic acids is 1. The summed E-state index contributed by atoms with van der Waals surface area (Å²) >= 11 is 0. The van der Waals surface area contributed by atoms with Crippen LogP contribution in [0, 0.1) is 17.8 Å². The van der Waals surface area contributed by atoms with E-state index in [-0.39, 0.29) is 5.91 Å². The summed E-state index contributed by atoms with van der Waals surface area (Å²) < 4.78 is 11.3. The Balaban J connectivity index is 1.26. The third-order valence-corrected chi connectivity index (χ3v) is 7.80. The van der Waals surface area contributed by atoms with Crippen LogP contribution in [0.4, 0.5) is 5.69 Å². The topological polar surface area (TPSA) is 47.6 Å². The summed E-state index contributed by atoms with van der Waals surface area (Å²) in [6, 6.07) is 16.1. The molecule has 0 radical (unpaired) electrons. The molecule has 2 aromatic rings. The Bertz CT molecular complexity index is 900. The van der Waals surface area contributed by atoms with Gasteiger partial charge in [0, 0.05) is 5.69 Å². The van der Waals surface area contributed by atoms with Crippen LogP contribution in [0.15, 0.2) is 48.5 Å². The predicted octanol–water partition coefficient (Wildman–Crippen LogP) is 5.96. The number of benzene rings is 2. The van der Waals surface area contributed by atoms with Crippen LogP contribution in [0.3, 0.4) is 0 Å². The summed E-state index contributed by atoms with van der Waals surface area (Å²) in [7, 11) is 1.61. The van der Waals surface area contributed by atoms with E-state index in [2.05, 4.69) is 29.6 Å². The highest BCUT2D eigenvalue weighted by Crippen LogP contribution is 2.60. The second-order valence-corrected chi connectivity index (χ2v) is 9.93. The van der Waals surface area contributed by atoms with Gasteiger partial charge in [-0.05, 0) is 97.9 Å².